The van der Waals surface area contributed by atoms with Crippen molar-refractivity contribution < 1.29 is 4.79 Å². The summed E-state index contributed by atoms with van der Waals surface area (Å²) in [6.45, 7) is 4.32. The number of hydrogen-bond donors (Lipinski definition) is 1. The Morgan fingerprint density at radius 2 is 1.86 bits per heavy atom. The average molecular weight is 311 g/mol. The Bertz CT molecular complexity index is 663. The summed E-state index contributed by atoms with van der Waals surface area (Å²) < 4.78 is 0. The normalized spacial score (nSPS) is 17.1. The lowest BCUT2D eigenvalue weighted by Gasteiger charge is -2.26. The van der Waals surface area contributed by atoms with E-state index < -0.39 is 0 Å². The highest BCUT2D eigenvalue weighted by atomic mass is 32.2. The smallest absolute Gasteiger partial charge is 0.251 e. The highest BCUT2D eigenvalue weighted by Gasteiger charge is 2.22. The van der Waals surface area contributed by atoms with Gasteiger partial charge in [0.05, 0.1) is 6.04 Å². The van der Waals surface area contributed by atoms with Gasteiger partial charge in [-0.25, -0.2) is 0 Å². The molecule has 1 atom stereocenters. The van der Waals surface area contributed by atoms with Gasteiger partial charge in [-0.1, -0.05) is 44.2 Å². The first-order valence-corrected chi connectivity index (χ1v) is 8.76. The fourth-order valence-corrected chi connectivity index (χ4v) is 3.88. The Morgan fingerprint density at radius 1 is 1.14 bits per heavy atom. The zero-order valence-electron chi connectivity index (χ0n) is 13.0. The van der Waals surface area contributed by atoms with Gasteiger partial charge in [-0.05, 0) is 41.7 Å². The highest BCUT2D eigenvalue weighted by Crippen LogP contribution is 2.35. The number of nitrogens with one attached hydrogen (secondary N) is 1. The summed E-state index contributed by atoms with van der Waals surface area (Å²) in [5.74, 6) is 1.55. The molecule has 2 nitrogen and oxygen atoms in total. The number of hydrogen-bond acceptors (Lipinski definition) is 2. The van der Waals surface area contributed by atoms with Crippen molar-refractivity contribution in [3.63, 3.8) is 0 Å². The van der Waals surface area contributed by atoms with E-state index in [1.54, 1.807) is 0 Å². The Balaban J connectivity index is 1.75. The molecular weight excluding hydrogens is 290 g/mol. The number of rotatable bonds is 3. The summed E-state index contributed by atoms with van der Waals surface area (Å²) in [6, 6.07) is 16.4. The lowest BCUT2D eigenvalue weighted by Crippen LogP contribution is -2.30. The quantitative estimate of drug-likeness (QED) is 0.884. The molecule has 3 heteroatoms. The summed E-state index contributed by atoms with van der Waals surface area (Å²) in [4.78, 5) is 13.8. The minimum Gasteiger partial charge on any atom is -0.345 e. The fourth-order valence-electron chi connectivity index (χ4n) is 2.75. The third-order valence-electron chi connectivity index (χ3n) is 4.10. The molecule has 0 unspecified atom stereocenters. The first-order valence-electron chi connectivity index (χ1n) is 7.77. The van der Waals surface area contributed by atoms with Gasteiger partial charge in [-0.3, -0.25) is 4.79 Å². The minimum atomic E-state index is 0.0157. The van der Waals surface area contributed by atoms with Crippen LogP contribution < -0.4 is 5.32 Å². The predicted octanol–water partition coefficient (Wildman–Crippen LogP) is 4.78. The van der Waals surface area contributed by atoms with Gasteiger partial charge in [0, 0.05) is 16.2 Å². The second-order valence-electron chi connectivity index (χ2n) is 5.98. The van der Waals surface area contributed by atoms with Crippen molar-refractivity contribution in [2.75, 3.05) is 5.75 Å². The van der Waals surface area contributed by atoms with Crippen molar-refractivity contribution in [3.8, 4) is 0 Å². The SMILES string of the molecule is CC(C)c1ccc(C(=O)N[C@H]2CCSc3ccccc32)cc1. The number of thioether (sulfide) groups is 1. The van der Waals surface area contributed by atoms with Crippen molar-refractivity contribution >= 4 is 17.7 Å². The molecule has 0 aliphatic carbocycles. The lowest BCUT2D eigenvalue weighted by atomic mass is 10.0. The van der Waals surface area contributed by atoms with Crippen LogP contribution in [0.5, 0.6) is 0 Å². The van der Waals surface area contributed by atoms with E-state index >= 15 is 0 Å². The van der Waals surface area contributed by atoms with Crippen LogP contribution in [0.25, 0.3) is 0 Å². The number of carbonyl (C=O) groups is 1. The first kappa shape index (κ1) is 15.2. The standard InChI is InChI=1S/C19H21NOS/c1-13(2)14-7-9-15(10-8-14)19(21)20-17-11-12-22-18-6-4-3-5-16(17)18/h3-10,13,17H,11-12H2,1-2H3,(H,20,21)/t17-/m0/s1. The maximum Gasteiger partial charge on any atom is 0.251 e. The van der Waals surface area contributed by atoms with Crippen LogP contribution in [0.15, 0.2) is 53.4 Å². The molecule has 1 amide bonds. The van der Waals surface area contributed by atoms with Gasteiger partial charge >= 0.3 is 0 Å². The molecule has 1 N–H and O–H groups in total. The van der Waals surface area contributed by atoms with Crippen molar-refractivity contribution in [2.45, 2.75) is 37.1 Å². The molecule has 2 aromatic rings. The van der Waals surface area contributed by atoms with E-state index in [0.29, 0.717) is 5.92 Å². The topological polar surface area (TPSA) is 29.1 Å². The van der Waals surface area contributed by atoms with E-state index in [1.165, 1.54) is 16.0 Å². The van der Waals surface area contributed by atoms with Gasteiger partial charge in [-0.15, -0.1) is 11.8 Å². The molecule has 1 aliphatic heterocycles. The largest absolute Gasteiger partial charge is 0.345 e. The fraction of sp³-hybridized carbons (Fsp3) is 0.316. The number of amides is 1. The maximum atomic E-state index is 12.5. The molecule has 0 aromatic heterocycles. The van der Waals surface area contributed by atoms with Crippen molar-refractivity contribution in [1.29, 1.82) is 0 Å². The average Bonchev–Trinajstić information content (AvgIpc) is 2.55. The zero-order valence-corrected chi connectivity index (χ0v) is 13.8. The van der Waals surface area contributed by atoms with Gasteiger partial charge < -0.3 is 5.32 Å². The second kappa shape index (κ2) is 6.57. The van der Waals surface area contributed by atoms with E-state index in [-0.39, 0.29) is 11.9 Å². The van der Waals surface area contributed by atoms with Crippen LogP contribution >= 0.6 is 11.8 Å². The molecule has 0 saturated carbocycles. The van der Waals surface area contributed by atoms with Crippen LogP contribution in [0.1, 0.15) is 53.7 Å². The molecule has 1 aliphatic rings. The molecule has 2 aromatic carbocycles. The van der Waals surface area contributed by atoms with Gasteiger partial charge in [0.25, 0.3) is 5.91 Å². The lowest BCUT2D eigenvalue weighted by molar-refractivity contribution is 0.0935. The number of fused-ring (bicyclic) bond motifs is 1. The summed E-state index contributed by atoms with van der Waals surface area (Å²) >= 11 is 1.87. The molecule has 0 saturated heterocycles. The first-order chi connectivity index (χ1) is 10.6. The zero-order chi connectivity index (χ0) is 15.5. The van der Waals surface area contributed by atoms with E-state index in [2.05, 4.69) is 37.4 Å². The van der Waals surface area contributed by atoms with Gasteiger partial charge in [0.2, 0.25) is 0 Å². The Hall–Kier alpha value is -1.74. The van der Waals surface area contributed by atoms with Gasteiger partial charge in [0.15, 0.2) is 0 Å². The van der Waals surface area contributed by atoms with Crippen LogP contribution in [0, 0.1) is 0 Å². The van der Waals surface area contributed by atoms with Crippen LogP contribution in [-0.2, 0) is 0 Å². The van der Waals surface area contributed by atoms with E-state index in [1.807, 2.05) is 42.1 Å². The highest BCUT2D eigenvalue weighted by molar-refractivity contribution is 7.99. The molecular formula is C19H21NOS. The molecule has 22 heavy (non-hydrogen) atoms. The van der Waals surface area contributed by atoms with Crippen LogP contribution in [0.2, 0.25) is 0 Å². The third kappa shape index (κ3) is 3.20. The Kier molecular flexibility index (Phi) is 4.53. The van der Waals surface area contributed by atoms with Crippen LogP contribution in [0.3, 0.4) is 0 Å². The molecule has 0 radical (unpaired) electrons. The molecule has 1 heterocycles. The summed E-state index contributed by atoms with van der Waals surface area (Å²) in [6.07, 6.45) is 0.984. The van der Waals surface area contributed by atoms with Crippen LogP contribution in [-0.4, -0.2) is 11.7 Å². The van der Waals surface area contributed by atoms with E-state index in [9.17, 15) is 4.79 Å². The summed E-state index contributed by atoms with van der Waals surface area (Å²) in [5.41, 5.74) is 3.24. The van der Waals surface area contributed by atoms with Gasteiger partial charge in [0.1, 0.15) is 0 Å². The van der Waals surface area contributed by atoms with E-state index in [0.717, 1.165) is 17.7 Å². The molecule has 114 valence electrons. The monoisotopic (exact) mass is 311 g/mol. The van der Waals surface area contributed by atoms with Gasteiger partial charge in [-0.2, -0.15) is 0 Å². The van der Waals surface area contributed by atoms with Crippen molar-refractivity contribution in [1.82, 2.24) is 5.32 Å². The summed E-state index contributed by atoms with van der Waals surface area (Å²) in [7, 11) is 0. The minimum absolute atomic E-state index is 0.0157. The Labute approximate surface area is 136 Å². The molecule has 3 rings (SSSR count). The summed E-state index contributed by atoms with van der Waals surface area (Å²) in [5, 5.41) is 3.19. The predicted molar refractivity (Wildman–Crippen MR) is 92.5 cm³/mol. The molecule has 0 bridgehead atoms. The number of benzene rings is 2. The third-order valence-corrected chi connectivity index (χ3v) is 5.23. The Morgan fingerprint density at radius 3 is 2.59 bits per heavy atom. The molecule has 0 spiro atoms. The van der Waals surface area contributed by atoms with Crippen molar-refractivity contribution in [3.05, 3.63) is 65.2 Å². The van der Waals surface area contributed by atoms with E-state index in [4.69, 9.17) is 0 Å². The van der Waals surface area contributed by atoms with Crippen molar-refractivity contribution in [2.24, 2.45) is 0 Å². The molecule has 0 fully saturated rings. The van der Waals surface area contributed by atoms with Crippen LogP contribution in [0.4, 0.5) is 0 Å². The maximum absolute atomic E-state index is 12.5. The second-order valence-corrected chi connectivity index (χ2v) is 7.11. The number of carbonyl (C=O) groups excluding carboxylic acids is 1.